The highest BCUT2D eigenvalue weighted by Crippen LogP contribution is 2.29. The molecule has 1 aromatic rings. The zero-order valence-corrected chi connectivity index (χ0v) is 11.2. The number of ether oxygens (including phenoxy) is 1. The summed E-state index contributed by atoms with van der Waals surface area (Å²) in [5.41, 5.74) is 7.61. The second-order valence-electron chi connectivity index (χ2n) is 5.30. The van der Waals surface area contributed by atoms with Crippen molar-refractivity contribution in [3.63, 3.8) is 0 Å². The predicted molar refractivity (Wildman–Crippen MR) is 70.2 cm³/mol. The number of nitrogens with two attached hydrogens (primary N) is 1. The summed E-state index contributed by atoms with van der Waals surface area (Å²) in [5, 5.41) is 0.552. The highest BCUT2D eigenvalue weighted by molar-refractivity contribution is 6.33. The van der Waals surface area contributed by atoms with E-state index in [1.54, 1.807) is 6.07 Å². The average Bonchev–Trinajstić information content (AvgIpc) is 2.11. The zero-order valence-electron chi connectivity index (χ0n) is 10.4. The van der Waals surface area contributed by atoms with Crippen LogP contribution in [0, 0.1) is 12.3 Å². The van der Waals surface area contributed by atoms with Crippen molar-refractivity contribution in [1.82, 2.24) is 0 Å². The van der Waals surface area contributed by atoms with Gasteiger partial charge in [0.1, 0.15) is 5.75 Å². The second kappa shape index (κ2) is 4.96. The number of rotatable bonds is 3. The highest BCUT2D eigenvalue weighted by atomic mass is 35.5. The Bertz CT molecular complexity index is 369. The Morgan fingerprint density at radius 1 is 1.31 bits per heavy atom. The molecule has 3 heteroatoms. The first-order valence-corrected chi connectivity index (χ1v) is 5.86. The fourth-order valence-corrected chi connectivity index (χ4v) is 1.46. The number of halogens is 1. The van der Waals surface area contributed by atoms with Crippen LogP contribution >= 0.6 is 11.6 Å². The third-order valence-electron chi connectivity index (χ3n) is 2.40. The standard InChI is InChI=1S/C13H20ClNO/c1-9-7-11(15)10(14)8-12(9)16-6-5-13(2,3)4/h7-8H,5-6,15H2,1-4H3. The lowest BCUT2D eigenvalue weighted by molar-refractivity contribution is 0.242. The van der Waals surface area contributed by atoms with E-state index in [0.29, 0.717) is 17.3 Å². The van der Waals surface area contributed by atoms with E-state index in [1.807, 2.05) is 13.0 Å². The summed E-state index contributed by atoms with van der Waals surface area (Å²) in [6.07, 6.45) is 1.01. The monoisotopic (exact) mass is 241 g/mol. The summed E-state index contributed by atoms with van der Waals surface area (Å²) in [6.45, 7) is 9.25. The second-order valence-corrected chi connectivity index (χ2v) is 5.71. The van der Waals surface area contributed by atoms with Gasteiger partial charge in [0.2, 0.25) is 0 Å². The first-order valence-electron chi connectivity index (χ1n) is 5.48. The van der Waals surface area contributed by atoms with Crippen molar-refractivity contribution in [3.8, 4) is 5.75 Å². The van der Waals surface area contributed by atoms with Crippen LogP contribution in [0.1, 0.15) is 32.8 Å². The molecule has 0 spiro atoms. The molecule has 0 aromatic heterocycles. The molecule has 0 unspecified atom stereocenters. The van der Waals surface area contributed by atoms with Crippen molar-refractivity contribution < 1.29 is 4.74 Å². The maximum atomic E-state index is 5.95. The van der Waals surface area contributed by atoms with Crippen molar-refractivity contribution in [2.75, 3.05) is 12.3 Å². The van der Waals surface area contributed by atoms with Crippen LogP contribution in [0.4, 0.5) is 5.69 Å². The lowest BCUT2D eigenvalue weighted by Gasteiger charge is -2.19. The van der Waals surface area contributed by atoms with E-state index in [0.717, 1.165) is 17.7 Å². The summed E-state index contributed by atoms with van der Waals surface area (Å²) in [4.78, 5) is 0. The molecule has 90 valence electrons. The summed E-state index contributed by atoms with van der Waals surface area (Å²) >= 11 is 5.95. The van der Waals surface area contributed by atoms with Gasteiger partial charge in [-0.25, -0.2) is 0 Å². The minimum Gasteiger partial charge on any atom is -0.493 e. The molecular formula is C13H20ClNO. The van der Waals surface area contributed by atoms with Gasteiger partial charge in [0.15, 0.2) is 0 Å². The van der Waals surface area contributed by atoms with Crippen molar-refractivity contribution >= 4 is 17.3 Å². The minimum absolute atomic E-state index is 0.283. The van der Waals surface area contributed by atoms with Crippen LogP contribution in [0.2, 0.25) is 5.02 Å². The highest BCUT2D eigenvalue weighted by Gasteiger charge is 2.11. The van der Waals surface area contributed by atoms with Crippen LogP contribution in [0.3, 0.4) is 0 Å². The molecule has 0 saturated heterocycles. The van der Waals surface area contributed by atoms with Crippen molar-refractivity contribution in [2.45, 2.75) is 34.1 Å². The van der Waals surface area contributed by atoms with E-state index in [2.05, 4.69) is 20.8 Å². The fraction of sp³-hybridized carbons (Fsp3) is 0.538. The van der Waals surface area contributed by atoms with Crippen LogP contribution in [0.15, 0.2) is 12.1 Å². The van der Waals surface area contributed by atoms with Crippen LogP contribution in [-0.2, 0) is 0 Å². The predicted octanol–water partition coefficient (Wildman–Crippen LogP) is 4.05. The Morgan fingerprint density at radius 2 is 1.94 bits per heavy atom. The smallest absolute Gasteiger partial charge is 0.123 e. The van der Waals surface area contributed by atoms with Crippen LogP contribution in [0.25, 0.3) is 0 Å². The normalized spacial score (nSPS) is 11.6. The molecule has 0 bridgehead atoms. The van der Waals surface area contributed by atoms with Crippen molar-refractivity contribution in [1.29, 1.82) is 0 Å². The molecule has 0 aliphatic carbocycles. The number of hydrogen-bond donors (Lipinski definition) is 1. The van der Waals surface area contributed by atoms with Crippen molar-refractivity contribution in [3.05, 3.63) is 22.7 Å². The van der Waals surface area contributed by atoms with Gasteiger partial charge in [-0.2, -0.15) is 0 Å². The summed E-state index contributed by atoms with van der Waals surface area (Å²) in [6, 6.07) is 3.63. The fourth-order valence-electron chi connectivity index (χ4n) is 1.31. The first-order chi connectivity index (χ1) is 7.29. The number of benzene rings is 1. The van der Waals surface area contributed by atoms with Crippen LogP contribution < -0.4 is 10.5 Å². The van der Waals surface area contributed by atoms with E-state index >= 15 is 0 Å². The lowest BCUT2D eigenvalue weighted by Crippen LogP contribution is -2.11. The third-order valence-corrected chi connectivity index (χ3v) is 2.73. The molecule has 0 fully saturated rings. The Labute approximate surface area is 103 Å². The van der Waals surface area contributed by atoms with Gasteiger partial charge in [-0.05, 0) is 30.4 Å². The van der Waals surface area contributed by atoms with Gasteiger partial charge >= 0.3 is 0 Å². The van der Waals surface area contributed by atoms with Gasteiger partial charge in [-0.15, -0.1) is 0 Å². The molecule has 0 aliphatic heterocycles. The summed E-state index contributed by atoms with van der Waals surface area (Å²) in [7, 11) is 0. The zero-order chi connectivity index (χ0) is 12.3. The van der Waals surface area contributed by atoms with Crippen molar-refractivity contribution in [2.24, 2.45) is 5.41 Å². The van der Waals surface area contributed by atoms with E-state index < -0.39 is 0 Å². The number of anilines is 1. The van der Waals surface area contributed by atoms with Gasteiger partial charge in [0.25, 0.3) is 0 Å². The van der Waals surface area contributed by atoms with Gasteiger partial charge in [-0.3, -0.25) is 0 Å². The van der Waals surface area contributed by atoms with E-state index in [9.17, 15) is 0 Å². The van der Waals surface area contributed by atoms with E-state index in [1.165, 1.54) is 0 Å². The molecule has 0 amide bonds. The lowest BCUT2D eigenvalue weighted by atomic mass is 9.93. The molecule has 16 heavy (non-hydrogen) atoms. The largest absolute Gasteiger partial charge is 0.493 e. The molecule has 0 atom stereocenters. The third kappa shape index (κ3) is 3.93. The maximum Gasteiger partial charge on any atom is 0.123 e. The molecule has 1 aromatic carbocycles. The molecule has 2 N–H and O–H groups in total. The molecule has 0 heterocycles. The quantitative estimate of drug-likeness (QED) is 0.811. The SMILES string of the molecule is Cc1cc(N)c(Cl)cc1OCCC(C)(C)C. The summed E-state index contributed by atoms with van der Waals surface area (Å²) in [5.74, 6) is 0.823. The minimum atomic E-state index is 0.283. The van der Waals surface area contributed by atoms with Gasteiger partial charge < -0.3 is 10.5 Å². The summed E-state index contributed by atoms with van der Waals surface area (Å²) < 4.78 is 5.71. The van der Waals surface area contributed by atoms with E-state index in [4.69, 9.17) is 22.1 Å². The Balaban J connectivity index is 2.64. The van der Waals surface area contributed by atoms with Gasteiger partial charge in [0, 0.05) is 6.07 Å². The Morgan fingerprint density at radius 3 is 2.50 bits per heavy atom. The van der Waals surface area contributed by atoms with E-state index in [-0.39, 0.29) is 5.41 Å². The Hall–Kier alpha value is -0.890. The van der Waals surface area contributed by atoms with Gasteiger partial charge in [0.05, 0.1) is 17.3 Å². The number of nitrogen functional groups attached to an aromatic ring is 1. The number of hydrogen-bond acceptors (Lipinski definition) is 2. The first kappa shape index (κ1) is 13.2. The molecule has 0 radical (unpaired) electrons. The Kier molecular flexibility index (Phi) is 4.09. The molecule has 1 rings (SSSR count). The van der Waals surface area contributed by atoms with Crippen LogP contribution in [-0.4, -0.2) is 6.61 Å². The topological polar surface area (TPSA) is 35.2 Å². The molecule has 0 aliphatic rings. The molecular weight excluding hydrogens is 222 g/mol. The molecule has 2 nitrogen and oxygen atoms in total. The van der Waals surface area contributed by atoms with Crippen LogP contribution in [0.5, 0.6) is 5.75 Å². The maximum absolute atomic E-state index is 5.95. The molecule has 0 saturated carbocycles. The van der Waals surface area contributed by atoms with Gasteiger partial charge in [-0.1, -0.05) is 32.4 Å². The average molecular weight is 242 g/mol. The number of aryl methyl sites for hydroxylation is 1.